The molecule has 0 aliphatic heterocycles. The van der Waals surface area contributed by atoms with Crippen LogP contribution in [-0.2, 0) is 11.2 Å². The number of benzene rings is 1. The van der Waals surface area contributed by atoms with E-state index in [4.69, 9.17) is 4.42 Å². The van der Waals surface area contributed by atoms with Crippen LogP contribution in [0.1, 0.15) is 38.0 Å². The van der Waals surface area contributed by atoms with Crippen LogP contribution in [0.15, 0.2) is 40.8 Å². The number of carbonyl (C=O) groups excluding carboxylic acids is 1. The van der Waals surface area contributed by atoms with Gasteiger partial charge < -0.3 is 4.42 Å². The Morgan fingerprint density at radius 2 is 2.00 bits per heavy atom. The summed E-state index contributed by atoms with van der Waals surface area (Å²) in [5.41, 5.74) is 2.35. The second kappa shape index (κ2) is 5.21. The van der Waals surface area contributed by atoms with Crippen molar-refractivity contribution in [2.45, 2.75) is 33.1 Å². The van der Waals surface area contributed by atoms with Crippen molar-refractivity contribution < 1.29 is 9.21 Å². The number of hydrogen-bond acceptors (Lipinski definition) is 2. The zero-order valence-corrected chi connectivity index (χ0v) is 11.1. The molecule has 18 heavy (non-hydrogen) atoms. The van der Waals surface area contributed by atoms with Crippen molar-refractivity contribution >= 4 is 5.78 Å². The molecule has 0 spiro atoms. The molecule has 0 saturated heterocycles. The highest BCUT2D eigenvalue weighted by atomic mass is 16.3. The zero-order chi connectivity index (χ0) is 13.1. The second-order valence-electron chi connectivity index (χ2n) is 4.92. The van der Waals surface area contributed by atoms with Gasteiger partial charge in [-0.3, -0.25) is 4.79 Å². The molecule has 94 valence electrons. The van der Waals surface area contributed by atoms with E-state index < -0.39 is 0 Å². The molecular formula is C16H18O2. The summed E-state index contributed by atoms with van der Waals surface area (Å²) in [6.07, 6.45) is 0.365. The van der Waals surface area contributed by atoms with Crippen LogP contribution >= 0.6 is 0 Å². The summed E-state index contributed by atoms with van der Waals surface area (Å²) >= 11 is 0. The minimum atomic E-state index is 0.117. The van der Waals surface area contributed by atoms with E-state index in [1.807, 2.05) is 24.3 Å². The van der Waals surface area contributed by atoms with Gasteiger partial charge in [0, 0.05) is 5.56 Å². The molecule has 0 unspecified atom stereocenters. The van der Waals surface area contributed by atoms with E-state index >= 15 is 0 Å². The molecule has 0 bridgehead atoms. The highest BCUT2D eigenvalue weighted by molar-refractivity contribution is 5.77. The Labute approximate surface area is 108 Å². The van der Waals surface area contributed by atoms with E-state index in [2.05, 4.69) is 26.0 Å². The maximum atomic E-state index is 11.0. The average molecular weight is 242 g/mol. The van der Waals surface area contributed by atoms with E-state index in [9.17, 15) is 4.79 Å². The number of ketones is 1. The van der Waals surface area contributed by atoms with Crippen LogP contribution in [0.4, 0.5) is 0 Å². The molecule has 0 saturated carbocycles. The van der Waals surface area contributed by atoms with Gasteiger partial charge in [0.05, 0.1) is 6.42 Å². The summed E-state index contributed by atoms with van der Waals surface area (Å²) in [6, 6.07) is 12.1. The Hall–Kier alpha value is -1.83. The van der Waals surface area contributed by atoms with Crippen LogP contribution < -0.4 is 0 Å². The molecule has 0 aliphatic rings. The van der Waals surface area contributed by atoms with Gasteiger partial charge in [0.2, 0.25) is 0 Å². The van der Waals surface area contributed by atoms with Crippen molar-refractivity contribution in [3.8, 4) is 11.3 Å². The molecule has 2 aromatic rings. The first-order chi connectivity index (χ1) is 8.56. The molecule has 0 radical (unpaired) electrons. The Bertz CT molecular complexity index is 550. The molecule has 1 aromatic heterocycles. The van der Waals surface area contributed by atoms with Crippen molar-refractivity contribution in [1.82, 2.24) is 0 Å². The van der Waals surface area contributed by atoms with Gasteiger partial charge in [-0.2, -0.15) is 0 Å². The fourth-order valence-corrected chi connectivity index (χ4v) is 1.92. The van der Waals surface area contributed by atoms with Crippen molar-refractivity contribution in [2.75, 3.05) is 0 Å². The molecular weight excluding hydrogens is 224 g/mol. The maximum absolute atomic E-state index is 11.0. The molecule has 1 heterocycles. The van der Waals surface area contributed by atoms with Crippen LogP contribution in [0.25, 0.3) is 11.3 Å². The molecule has 1 aromatic carbocycles. The molecule has 0 aliphatic carbocycles. The minimum absolute atomic E-state index is 0.117. The Morgan fingerprint density at radius 1 is 1.22 bits per heavy atom. The Kier molecular flexibility index (Phi) is 3.66. The summed E-state index contributed by atoms with van der Waals surface area (Å²) < 4.78 is 5.69. The van der Waals surface area contributed by atoms with Crippen LogP contribution in [0.3, 0.4) is 0 Å². The van der Waals surface area contributed by atoms with E-state index in [-0.39, 0.29) is 5.78 Å². The van der Waals surface area contributed by atoms with Gasteiger partial charge in [0.1, 0.15) is 17.3 Å². The Morgan fingerprint density at radius 3 is 2.67 bits per heavy atom. The Balaban J connectivity index is 2.28. The number of furan rings is 1. The molecule has 0 atom stereocenters. The topological polar surface area (TPSA) is 30.2 Å². The van der Waals surface area contributed by atoms with Gasteiger partial charge in [-0.15, -0.1) is 0 Å². The van der Waals surface area contributed by atoms with Crippen molar-refractivity contribution in [3.63, 3.8) is 0 Å². The molecule has 2 heteroatoms. The van der Waals surface area contributed by atoms with E-state index in [0.717, 1.165) is 17.1 Å². The summed E-state index contributed by atoms with van der Waals surface area (Å²) in [5, 5.41) is 0. The van der Waals surface area contributed by atoms with E-state index in [0.29, 0.717) is 12.3 Å². The number of Topliss-reactive ketones (excluding diaryl/α,β-unsaturated/α-hetero) is 1. The molecule has 0 N–H and O–H groups in total. The SMILES string of the molecule is CC(=O)Cc1ccc(-c2cccc(C(C)C)c2)o1. The standard InChI is InChI=1S/C16H18O2/c1-11(2)13-5-4-6-14(10-13)16-8-7-15(18-16)9-12(3)17/h4-8,10-11H,9H2,1-3H3. The second-order valence-corrected chi connectivity index (χ2v) is 4.92. The first-order valence-electron chi connectivity index (χ1n) is 6.24. The third-order valence-corrected chi connectivity index (χ3v) is 2.92. The van der Waals surface area contributed by atoms with Crippen molar-refractivity contribution in [1.29, 1.82) is 0 Å². The molecule has 0 fully saturated rings. The molecule has 0 amide bonds. The molecule has 2 nitrogen and oxygen atoms in total. The van der Waals surface area contributed by atoms with E-state index in [1.54, 1.807) is 6.92 Å². The lowest BCUT2D eigenvalue weighted by molar-refractivity contribution is -0.116. The summed E-state index contributed by atoms with van der Waals surface area (Å²) in [6.45, 7) is 5.91. The smallest absolute Gasteiger partial charge is 0.137 e. The first-order valence-corrected chi connectivity index (χ1v) is 6.24. The van der Waals surface area contributed by atoms with Gasteiger partial charge in [0.15, 0.2) is 0 Å². The van der Waals surface area contributed by atoms with Crippen LogP contribution in [0.5, 0.6) is 0 Å². The van der Waals surface area contributed by atoms with Crippen LogP contribution in [0.2, 0.25) is 0 Å². The predicted molar refractivity (Wildman–Crippen MR) is 72.6 cm³/mol. The minimum Gasteiger partial charge on any atom is -0.461 e. The predicted octanol–water partition coefficient (Wildman–Crippen LogP) is 4.20. The van der Waals surface area contributed by atoms with Crippen molar-refractivity contribution in [2.24, 2.45) is 0 Å². The summed E-state index contributed by atoms with van der Waals surface area (Å²) in [7, 11) is 0. The highest BCUT2D eigenvalue weighted by Gasteiger charge is 2.08. The third-order valence-electron chi connectivity index (χ3n) is 2.92. The van der Waals surface area contributed by atoms with Gasteiger partial charge in [-0.1, -0.05) is 32.0 Å². The highest BCUT2D eigenvalue weighted by Crippen LogP contribution is 2.25. The quantitative estimate of drug-likeness (QED) is 0.804. The van der Waals surface area contributed by atoms with Gasteiger partial charge in [0.25, 0.3) is 0 Å². The fraction of sp³-hybridized carbons (Fsp3) is 0.312. The summed E-state index contributed by atoms with van der Waals surface area (Å²) in [4.78, 5) is 11.0. The lowest BCUT2D eigenvalue weighted by Crippen LogP contribution is -1.93. The fourth-order valence-electron chi connectivity index (χ4n) is 1.92. The molecule has 2 rings (SSSR count). The lowest BCUT2D eigenvalue weighted by Gasteiger charge is -2.06. The largest absolute Gasteiger partial charge is 0.461 e. The van der Waals surface area contributed by atoms with Gasteiger partial charge in [-0.05, 0) is 36.6 Å². The number of carbonyl (C=O) groups is 1. The van der Waals surface area contributed by atoms with Crippen LogP contribution in [-0.4, -0.2) is 5.78 Å². The first kappa shape index (κ1) is 12.6. The number of rotatable bonds is 4. The van der Waals surface area contributed by atoms with Gasteiger partial charge >= 0.3 is 0 Å². The monoisotopic (exact) mass is 242 g/mol. The normalized spacial score (nSPS) is 10.9. The third kappa shape index (κ3) is 2.89. The zero-order valence-electron chi connectivity index (χ0n) is 11.1. The average Bonchev–Trinajstić information content (AvgIpc) is 2.77. The number of hydrogen-bond donors (Lipinski definition) is 0. The summed E-state index contributed by atoms with van der Waals surface area (Å²) in [5.74, 6) is 2.17. The van der Waals surface area contributed by atoms with Crippen molar-refractivity contribution in [3.05, 3.63) is 47.7 Å². The maximum Gasteiger partial charge on any atom is 0.137 e. The van der Waals surface area contributed by atoms with Gasteiger partial charge in [-0.25, -0.2) is 0 Å². The van der Waals surface area contributed by atoms with Crippen LogP contribution in [0, 0.1) is 0 Å². The van der Waals surface area contributed by atoms with E-state index in [1.165, 1.54) is 5.56 Å². The lowest BCUT2D eigenvalue weighted by atomic mass is 10.0.